The summed E-state index contributed by atoms with van der Waals surface area (Å²) in [5, 5.41) is 0. The zero-order valence-electron chi connectivity index (χ0n) is 13.9. The lowest BCUT2D eigenvalue weighted by molar-refractivity contribution is 0.186. The van der Waals surface area contributed by atoms with E-state index in [1.54, 1.807) is 0 Å². The second kappa shape index (κ2) is 7.28. The minimum Gasteiger partial charge on any atom is -0.494 e. The third kappa shape index (κ3) is 3.78. The van der Waals surface area contributed by atoms with Gasteiger partial charge >= 0.3 is 0 Å². The van der Waals surface area contributed by atoms with Crippen molar-refractivity contribution in [2.75, 3.05) is 6.61 Å². The Labute approximate surface area is 129 Å². The SMILES string of the molecule is CCOc1ccc(C(C)N)cc1CN1C(C)CCC1CC. The van der Waals surface area contributed by atoms with Crippen LogP contribution in [0.3, 0.4) is 0 Å². The minimum atomic E-state index is 0.0670. The van der Waals surface area contributed by atoms with Crippen molar-refractivity contribution in [1.29, 1.82) is 0 Å². The molecular formula is C18H30N2O. The van der Waals surface area contributed by atoms with Gasteiger partial charge in [-0.1, -0.05) is 13.0 Å². The molecule has 1 heterocycles. The van der Waals surface area contributed by atoms with Crippen LogP contribution >= 0.6 is 0 Å². The average Bonchev–Trinajstić information content (AvgIpc) is 2.81. The smallest absolute Gasteiger partial charge is 0.123 e. The Morgan fingerprint density at radius 2 is 2.10 bits per heavy atom. The van der Waals surface area contributed by atoms with Gasteiger partial charge in [-0.15, -0.1) is 0 Å². The van der Waals surface area contributed by atoms with Crippen LogP contribution in [-0.2, 0) is 6.54 Å². The molecular weight excluding hydrogens is 260 g/mol. The molecule has 1 fully saturated rings. The zero-order chi connectivity index (χ0) is 15.4. The molecule has 3 heteroatoms. The summed E-state index contributed by atoms with van der Waals surface area (Å²) in [7, 11) is 0. The van der Waals surface area contributed by atoms with Crippen molar-refractivity contribution < 1.29 is 4.74 Å². The van der Waals surface area contributed by atoms with E-state index < -0.39 is 0 Å². The van der Waals surface area contributed by atoms with Gasteiger partial charge in [0.1, 0.15) is 5.75 Å². The molecule has 1 aliphatic rings. The molecule has 3 atom stereocenters. The summed E-state index contributed by atoms with van der Waals surface area (Å²) in [5.74, 6) is 1.01. The quantitative estimate of drug-likeness (QED) is 0.864. The van der Waals surface area contributed by atoms with Crippen molar-refractivity contribution in [3.63, 3.8) is 0 Å². The first-order valence-corrected chi connectivity index (χ1v) is 8.33. The standard InChI is InChI=1S/C18H30N2O/c1-5-17-9-7-13(3)20(17)12-16-11-15(14(4)19)8-10-18(16)21-6-2/h8,10-11,13-14,17H,5-7,9,12,19H2,1-4H3. The number of ether oxygens (including phenoxy) is 1. The molecule has 1 saturated heterocycles. The van der Waals surface area contributed by atoms with Crippen LogP contribution in [0.5, 0.6) is 5.75 Å². The van der Waals surface area contributed by atoms with Crippen molar-refractivity contribution in [2.45, 2.75) is 71.6 Å². The van der Waals surface area contributed by atoms with Gasteiger partial charge in [-0.2, -0.15) is 0 Å². The lowest BCUT2D eigenvalue weighted by atomic mass is 10.0. The topological polar surface area (TPSA) is 38.5 Å². The van der Waals surface area contributed by atoms with E-state index in [-0.39, 0.29) is 6.04 Å². The highest BCUT2D eigenvalue weighted by Gasteiger charge is 2.29. The van der Waals surface area contributed by atoms with Crippen molar-refractivity contribution in [3.05, 3.63) is 29.3 Å². The van der Waals surface area contributed by atoms with Gasteiger partial charge in [0, 0.05) is 30.2 Å². The lowest BCUT2D eigenvalue weighted by Gasteiger charge is -2.29. The molecule has 0 saturated carbocycles. The Balaban J connectivity index is 2.25. The molecule has 0 spiro atoms. The molecule has 2 N–H and O–H groups in total. The first-order valence-electron chi connectivity index (χ1n) is 8.33. The number of hydrogen-bond acceptors (Lipinski definition) is 3. The summed E-state index contributed by atoms with van der Waals surface area (Å²) >= 11 is 0. The molecule has 0 radical (unpaired) electrons. The van der Waals surface area contributed by atoms with Gasteiger partial charge in [-0.05, 0) is 57.7 Å². The van der Waals surface area contributed by atoms with Crippen molar-refractivity contribution in [3.8, 4) is 5.75 Å². The normalized spacial score (nSPS) is 24.2. The summed E-state index contributed by atoms with van der Waals surface area (Å²) in [4.78, 5) is 2.63. The van der Waals surface area contributed by atoms with E-state index in [0.29, 0.717) is 18.7 Å². The molecule has 1 aliphatic heterocycles. The van der Waals surface area contributed by atoms with Gasteiger partial charge in [-0.3, -0.25) is 4.90 Å². The maximum Gasteiger partial charge on any atom is 0.123 e. The molecule has 0 aromatic heterocycles. The number of benzene rings is 1. The highest BCUT2D eigenvalue weighted by atomic mass is 16.5. The molecule has 2 rings (SSSR count). The van der Waals surface area contributed by atoms with E-state index in [1.165, 1.54) is 30.4 Å². The number of rotatable bonds is 6. The van der Waals surface area contributed by atoms with Crippen LogP contribution in [0.1, 0.15) is 64.1 Å². The Bertz CT molecular complexity index is 459. The second-order valence-electron chi connectivity index (χ2n) is 6.25. The van der Waals surface area contributed by atoms with Crippen LogP contribution < -0.4 is 10.5 Å². The molecule has 0 amide bonds. The molecule has 1 aromatic carbocycles. The van der Waals surface area contributed by atoms with E-state index in [1.807, 2.05) is 13.8 Å². The predicted octanol–water partition coefficient (Wildman–Crippen LogP) is 3.87. The fraction of sp³-hybridized carbons (Fsp3) is 0.667. The van der Waals surface area contributed by atoms with Crippen LogP contribution in [0.2, 0.25) is 0 Å². The minimum absolute atomic E-state index is 0.0670. The molecule has 21 heavy (non-hydrogen) atoms. The van der Waals surface area contributed by atoms with Crippen molar-refractivity contribution in [1.82, 2.24) is 4.90 Å². The number of nitrogens with zero attached hydrogens (tertiary/aromatic N) is 1. The summed E-state index contributed by atoms with van der Waals surface area (Å²) in [6.07, 6.45) is 3.84. The molecule has 3 nitrogen and oxygen atoms in total. The van der Waals surface area contributed by atoms with E-state index in [4.69, 9.17) is 10.5 Å². The van der Waals surface area contributed by atoms with Crippen LogP contribution in [0, 0.1) is 0 Å². The van der Waals surface area contributed by atoms with E-state index in [0.717, 1.165) is 12.3 Å². The Kier molecular flexibility index (Phi) is 5.65. The highest BCUT2D eigenvalue weighted by molar-refractivity contribution is 5.38. The van der Waals surface area contributed by atoms with E-state index >= 15 is 0 Å². The Hall–Kier alpha value is -1.06. The molecule has 1 aromatic rings. The molecule has 0 bridgehead atoms. The van der Waals surface area contributed by atoms with Gasteiger partial charge in [0.2, 0.25) is 0 Å². The van der Waals surface area contributed by atoms with Crippen LogP contribution in [0.4, 0.5) is 0 Å². The summed E-state index contributed by atoms with van der Waals surface area (Å²) in [6, 6.07) is 7.82. The summed E-state index contributed by atoms with van der Waals surface area (Å²) in [6.45, 7) is 10.4. The van der Waals surface area contributed by atoms with Gasteiger partial charge in [0.05, 0.1) is 6.61 Å². The van der Waals surface area contributed by atoms with E-state index in [9.17, 15) is 0 Å². The molecule has 0 aliphatic carbocycles. The summed E-state index contributed by atoms with van der Waals surface area (Å²) < 4.78 is 5.82. The van der Waals surface area contributed by atoms with Gasteiger partial charge in [0.25, 0.3) is 0 Å². The van der Waals surface area contributed by atoms with Crippen LogP contribution in [0.15, 0.2) is 18.2 Å². The largest absolute Gasteiger partial charge is 0.494 e. The van der Waals surface area contributed by atoms with Crippen molar-refractivity contribution in [2.24, 2.45) is 5.73 Å². The maximum absolute atomic E-state index is 6.04. The average molecular weight is 290 g/mol. The lowest BCUT2D eigenvalue weighted by Crippen LogP contribution is -2.33. The maximum atomic E-state index is 6.04. The number of likely N-dealkylation sites (tertiary alicyclic amines) is 1. The van der Waals surface area contributed by atoms with E-state index in [2.05, 4.69) is 36.9 Å². The Morgan fingerprint density at radius 3 is 2.71 bits per heavy atom. The zero-order valence-corrected chi connectivity index (χ0v) is 13.9. The molecule has 118 valence electrons. The first-order chi connectivity index (χ1) is 10.1. The number of hydrogen-bond donors (Lipinski definition) is 1. The van der Waals surface area contributed by atoms with Gasteiger partial charge < -0.3 is 10.5 Å². The third-order valence-corrected chi connectivity index (χ3v) is 4.69. The second-order valence-corrected chi connectivity index (χ2v) is 6.25. The monoisotopic (exact) mass is 290 g/mol. The fourth-order valence-electron chi connectivity index (χ4n) is 3.35. The highest BCUT2D eigenvalue weighted by Crippen LogP contribution is 2.31. The fourth-order valence-corrected chi connectivity index (χ4v) is 3.35. The van der Waals surface area contributed by atoms with Crippen LogP contribution in [0.25, 0.3) is 0 Å². The first kappa shape index (κ1) is 16.3. The third-order valence-electron chi connectivity index (χ3n) is 4.69. The van der Waals surface area contributed by atoms with Gasteiger partial charge in [-0.25, -0.2) is 0 Å². The Morgan fingerprint density at radius 1 is 1.33 bits per heavy atom. The molecule has 3 unspecified atom stereocenters. The summed E-state index contributed by atoms with van der Waals surface area (Å²) in [5.41, 5.74) is 8.51. The number of nitrogens with two attached hydrogens (primary N) is 1. The van der Waals surface area contributed by atoms with Gasteiger partial charge in [0.15, 0.2) is 0 Å². The predicted molar refractivity (Wildman–Crippen MR) is 88.5 cm³/mol. The van der Waals surface area contributed by atoms with Crippen molar-refractivity contribution >= 4 is 0 Å². The van der Waals surface area contributed by atoms with Crippen LogP contribution in [-0.4, -0.2) is 23.6 Å².